The molecule has 60 valence electrons. The van der Waals surface area contributed by atoms with Gasteiger partial charge in [-0.1, -0.05) is 25.7 Å². The van der Waals surface area contributed by atoms with Gasteiger partial charge < -0.3 is 4.74 Å². The van der Waals surface area contributed by atoms with Crippen LogP contribution in [0.1, 0.15) is 26.7 Å². The van der Waals surface area contributed by atoms with E-state index < -0.39 is 0 Å². The second-order valence-electron chi connectivity index (χ2n) is 2.77. The van der Waals surface area contributed by atoms with Gasteiger partial charge in [-0.15, -0.1) is 0 Å². The lowest BCUT2D eigenvalue weighted by molar-refractivity contribution is -0.139. The van der Waals surface area contributed by atoms with Crippen LogP contribution in [0.25, 0.3) is 0 Å². The molecule has 1 aliphatic heterocycles. The molecule has 1 saturated heterocycles. The summed E-state index contributed by atoms with van der Waals surface area (Å²) in [5.74, 6) is 5.98. The number of carbonyl (C=O) groups is 1. The van der Waals surface area contributed by atoms with Crippen molar-refractivity contribution in [2.75, 3.05) is 0 Å². The summed E-state index contributed by atoms with van der Waals surface area (Å²) in [5, 5.41) is 0. The molecule has 1 rings (SSSR count). The Balaban J connectivity index is 2.53. The second-order valence-corrected chi connectivity index (χ2v) is 2.77. The second kappa shape index (κ2) is 3.43. The van der Waals surface area contributed by atoms with Gasteiger partial charge in [0.05, 0.1) is 6.42 Å². The molecule has 2 heteroatoms. The summed E-state index contributed by atoms with van der Waals surface area (Å²) < 4.78 is 4.96. The first-order chi connectivity index (χ1) is 5.24. The molecule has 0 unspecified atom stereocenters. The quantitative estimate of drug-likeness (QED) is 0.387. The molecule has 0 bridgehead atoms. The van der Waals surface area contributed by atoms with Gasteiger partial charge in [-0.25, -0.2) is 0 Å². The van der Waals surface area contributed by atoms with Gasteiger partial charge >= 0.3 is 5.97 Å². The van der Waals surface area contributed by atoms with Crippen LogP contribution in [0.4, 0.5) is 0 Å². The van der Waals surface area contributed by atoms with E-state index in [0.29, 0.717) is 6.42 Å². The summed E-state index contributed by atoms with van der Waals surface area (Å²) in [6.45, 7) is 3.97. The molecule has 0 spiro atoms. The largest absolute Gasteiger partial charge is 0.449 e. The minimum absolute atomic E-state index is 0.118. The predicted octanol–water partition coefficient (Wildman–Crippen LogP) is 1.35. The molecule has 1 fully saturated rings. The van der Waals surface area contributed by atoms with Crippen molar-refractivity contribution in [3.63, 3.8) is 0 Å². The number of rotatable bonds is 0. The third-order valence-electron chi connectivity index (χ3n) is 1.68. The molecule has 0 radical (unpaired) electrons. The van der Waals surface area contributed by atoms with Crippen LogP contribution in [0.3, 0.4) is 0 Å². The zero-order valence-corrected chi connectivity index (χ0v) is 6.89. The average Bonchev–Trinajstić information content (AvgIpc) is 2.26. The zero-order valence-electron chi connectivity index (χ0n) is 6.89. The first-order valence-electron chi connectivity index (χ1n) is 3.92. The van der Waals surface area contributed by atoms with Gasteiger partial charge in [0, 0.05) is 12.3 Å². The summed E-state index contributed by atoms with van der Waals surface area (Å²) in [6.07, 6.45) is 1.19. The Hall–Kier alpha value is -0.970. The van der Waals surface area contributed by atoms with Gasteiger partial charge in [0.25, 0.3) is 0 Å². The van der Waals surface area contributed by atoms with Crippen molar-refractivity contribution in [3.8, 4) is 11.8 Å². The van der Waals surface area contributed by atoms with E-state index in [1.807, 2.05) is 13.8 Å². The highest BCUT2D eigenvalue weighted by Crippen LogP contribution is 2.20. The Morgan fingerprint density at radius 3 is 2.91 bits per heavy atom. The Morgan fingerprint density at radius 1 is 1.73 bits per heavy atom. The first-order valence-corrected chi connectivity index (χ1v) is 3.92. The molecule has 1 aliphatic rings. The standard InChI is InChI=1S/C9H12O2/c1-3-4-5-8-7(2)6-9(10)11-8/h7-8H,3,6H2,1-2H3/t7-,8+/m1/s1. The van der Waals surface area contributed by atoms with E-state index in [2.05, 4.69) is 11.8 Å². The van der Waals surface area contributed by atoms with Crippen LogP contribution in [-0.2, 0) is 9.53 Å². The van der Waals surface area contributed by atoms with Crippen molar-refractivity contribution in [1.29, 1.82) is 0 Å². The summed E-state index contributed by atoms with van der Waals surface area (Å²) >= 11 is 0. The Bertz CT molecular complexity index is 209. The fraction of sp³-hybridized carbons (Fsp3) is 0.667. The zero-order chi connectivity index (χ0) is 8.27. The van der Waals surface area contributed by atoms with E-state index in [9.17, 15) is 4.79 Å². The third-order valence-corrected chi connectivity index (χ3v) is 1.68. The van der Waals surface area contributed by atoms with Crippen LogP contribution in [0.15, 0.2) is 0 Å². The lowest BCUT2D eigenvalue weighted by Crippen LogP contribution is -2.09. The number of ether oxygens (including phenoxy) is 1. The molecule has 0 aromatic heterocycles. The van der Waals surface area contributed by atoms with Gasteiger partial charge in [0.1, 0.15) is 0 Å². The first kappa shape index (κ1) is 8.13. The fourth-order valence-corrected chi connectivity index (χ4v) is 1.05. The Labute approximate surface area is 66.9 Å². The van der Waals surface area contributed by atoms with E-state index in [1.165, 1.54) is 0 Å². The highest BCUT2D eigenvalue weighted by atomic mass is 16.5. The monoisotopic (exact) mass is 152 g/mol. The third kappa shape index (κ3) is 1.98. The van der Waals surface area contributed by atoms with Crippen molar-refractivity contribution in [3.05, 3.63) is 0 Å². The van der Waals surface area contributed by atoms with Crippen LogP contribution in [0.2, 0.25) is 0 Å². The summed E-state index contributed by atoms with van der Waals surface area (Å²) in [5.41, 5.74) is 0. The summed E-state index contributed by atoms with van der Waals surface area (Å²) in [7, 11) is 0. The van der Waals surface area contributed by atoms with E-state index in [4.69, 9.17) is 4.74 Å². The molecule has 11 heavy (non-hydrogen) atoms. The van der Waals surface area contributed by atoms with Crippen molar-refractivity contribution in [2.24, 2.45) is 5.92 Å². The lowest BCUT2D eigenvalue weighted by atomic mass is 10.0. The van der Waals surface area contributed by atoms with Crippen molar-refractivity contribution in [1.82, 2.24) is 0 Å². The Morgan fingerprint density at radius 2 is 2.45 bits per heavy atom. The smallest absolute Gasteiger partial charge is 0.307 e. The van der Waals surface area contributed by atoms with Crippen LogP contribution >= 0.6 is 0 Å². The maximum Gasteiger partial charge on any atom is 0.307 e. The van der Waals surface area contributed by atoms with Crippen LogP contribution < -0.4 is 0 Å². The van der Waals surface area contributed by atoms with Crippen LogP contribution in [-0.4, -0.2) is 12.1 Å². The van der Waals surface area contributed by atoms with E-state index >= 15 is 0 Å². The van der Waals surface area contributed by atoms with Crippen molar-refractivity contribution >= 4 is 5.97 Å². The molecule has 2 nitrogen and oxygen atoms in total. The minimum atomic E-state index is -0.151. The van der Waals surface area contributed by atoms with E-state index in [1.54, 1.807) is 0 Å². The number of carbonyl (C=O) groups excluding carboxylic acids is 1. The molecule has 0 aliphatic carbocycles. The molecule has 2 atom stereocenters. The summed E-state index contributed by atoms with van der Waals surface area (Å²) in [6, 6.07) is 0. The minimum Gasteiger partial charge on any atom is -0.449 e. The van der Waals surface area contributed by atoms with Crippen LogP contribution in [0.5, 0.6) is 0 Å². The fourth-order valence-electron chi connectivity index (χ4n) is 1.05. The normalized spacial score (nSPS) is 29.1. The molecular weight excluding hydrogens is 140 g/mol. The summed E-state index contributed by atoms with van der Waals surface area (Å²) in [4.78, 5) is 10.7. The van der Waals surface area contributed by atoms with E-state index in [-0.39, 0.29) is 18.0 Å². The molecule has 0 amide bonds. The van der Waals surface area contributed by atoms with Crippen molar-refractivity contribution < 1.29 is 9.53 Å². The number of hydrogen-bond donors (Lipinski definition) is 0. The van der Waals surface area contributed by atoms with Gasteiger partial charge in [0.15, 0.2) is 6.10 Å². The lowest BCUT2D eigenvalue weighted by Gasteiger charge is -2.03. The maximum atomic E-state index is 10.7. The topological polar surface area (TPSA) is 26.3 Å². The molecule has 0 aromatic rings. The Kier molecular flexibility index (Phi) is 2.53. The number of cyclic esters (lactones) is 1. The molecule has 1 heterocycles. The SMILES string of the molecule is CCC#C[C@@H]1OC(=O)C[C@H]1C. The number of hydrogen-bond acceptors (Lipinski definition) is 2. The predicted molar refractivity (Wildman–Crippen MR) is 41.7 cm³/mol. The van der Waals surface area contributed by atoms with Crippen LogP contribution in [0, 0.1) is 17.8 Å². The maximum absolute atomic E-state index is 10.7. The van der Waals surface area contributed by atoms with Crippen molar-refractivity contribution in [2.45, 2.75) is 32.8 Å². The van der Waals surface area contributed by atoms with Gasteiger partial charge in [-0.2, -0.15) is 0 Å². The van der Waals surface area contributed by atoms with Gasteiger partial charge in [0.2, 0.25) is 0 Å². The number of esters is 1. The highest BCUT2D eigenvalue weighted by molar-refractivity contribution is 5.72. The molecular formula is C9H12O2. The molecule has 0 aromatic carbocycles. The highest BCUT2D eigenvalue weighted by Gasteiger charge is 2.29. The average molecular weight is 152 g/mol. The van der Waals surface area contributed by atoms with Gasteiger partial charge in [-0.3, -0.25) is 4.79 Å². The van der Waals surface area contributed by atoms with Gasteiger partial charge in [-0.05, 0) is 0 Å². The van der Waals surface area contributed by atoms with E-state index in [0.717, 1.165) is 6.42 Å². The molecule has 0 N–H and O–H groups in total. The molecule has 0 saturated carbocycles.